The number of aromatic carboxylic acids is 1. The van der Waals surface area contributed by atoms with Crippen LogP contribution in [0.3, 0.4) is 0 Å². The third kappa shape index (κ3) is 3.28. The smallest absolute Gasteiger partial charge is 0.374 e. The molecule has 4 heterocycles. The third-order valence-corrected chi connectivity index (χ3v) is 6.95. The van der Waals surface area contributed by atoms with Crippen molar-refractivity contribution in [1.82, 2.24) is 29.9 Å². The van der Waals surface area contributed by atoms with Crippen molar-refractivity contribution < 1.29 is 14.4 Å². The molecule has 0 spiro atoms. The molecule has 0 fully saturated rings. The zero-order valence-electron chi connectivity index (χ0n) is 20.9. The van der Waals surface area contributed by atoms with Crippen LogP contribution in [-0.2, 0) is 12.8 Å². The summed E-state index contributed by atoms with van der Waals surface area (Å²) < 4.78 is 7.36. The van der Waals surface area contributed by atoms with Crippen LogP contribution < -0.4 is 5.32 Å². The maximum Gasteiger partial charge on any atom is 0.374 e. The number of carbonyl (C=O) groups is 1. The summed E-state index contributed by atoms with van der Waals surface area (Å²) in [7, 11) is 0. The molecule has 4 aromatic heterocycles. The first-order valence-electron chi connectivity index (χ1n) is 12.1. The largest absolute Gasteiger partial charge is 0.475 e. The van der Waals surface area contributed by atoms with Gasteiger partial charge >= 0.3 is 5.97 Å². The second-order valence-corrected chi connectivity index (χ2v) is 9.75. The van der Waals surface area contributed by atoms with Crippen LogP contribution in [0.5, 0.6) is 0 Å². The number of carboxylic acids is 1. The van der Waals surface area contributed by atoms with Crippen molar-refractivity contribution in [3.63, 3.8) is 0 Å². The highest BCUT2D eigenvalue weighted by molar-refractivity contribution is 6.13. The number of carboxylic acid groups (broad SMARTS) is 1. The molecule has 0 atom stereocenters. The molecule has 6 rings (SSSR count). The van der Waals surface area contributed by atoms with E-state index in [-0.39, 0.29) is 11.9 Å². The number of H-pyrrole nitrogens is 1. The minimum Gasteiger partial charge on any atom is -0.475 e. The molecule has 10 heteroatoms. The number of aryl methyl sites for hydroxylation is 4. The van der Waals surface area contributed by atoms with E-state index in [9.17, 15) is 9.90 Å². The van der Waals surface area contributed by atoms with Crippen molar-refractivity contribution in [1.29, 1.82) is 0 Å². The quantitative estimate of drug-likeness (QED) is 0.301. The summed E-state index contributed by atoms with van der Waals surface area (Å²) in [6.07, 6.45) is 2.93. The normalized spacial score (nSPS) is 13.3. The molecule has 0 bridgehead atoms. The lowest BCUT2D eigenvalue weighted by Gasteiger charge is -2.15. The van der Waals surface area contributed by atoms with Gasteiger partial charge in [-0.2, -0.15) is 5.10 Å². The van der Waals surface area contributed by atoms with Crippen molar-refractivity contribution in [2.75, 3.05) is 5.32 Å². The van der Waals surface area contributed by atoms with Crippen LogP contribution >= 0.6 is 0 Å². The van der Waals surface area contributed by atoms with Crippen molar-refractivity contribution in [2.24, 2.45) is 0 Å². The summed E-state index contributed by atoms with van der Waals surface area (Å²) in [4.78, 5) is 24.0. The molecule has 36 heavy (non-hydrogen) atoms. The van der Waals surface area contributed by atoms with Crippen LogP contribution in [0.25, 0.3) is 33.1 Å². The minimum atomic E-state index is -1.19. The van der Waals surface area contributed by atoms with Crippen LogP contribution in [0.15, 0.2) is 16.7 Å². The highest BCUT2D eigenvalue weighted by atomic mass is 16.5. The molecule has 1 aliphatic rings. The van der Waals surface area contributed by atoms with Crippen molar-refractivity contribution in [3.05, 3.63) is 46.2 Å². The van der Waals surface area contributed by atoms with Gasteiger partial charge in [-0.15, -0.1) is 0 Å². The number of hydrogen-bond donors (Lipinski definition) is 3. The molecular formula is C26H27N7O3. The maximum atomic E-state index is 11.9. The second kappa shape index (κ2) is 7.91. The number of hydrogen-bond acceptors (Lipinski definition) is 7. The minimum absolute atomic E-state index is 0.136. The summed E-state index contributed by atoms with van der Waals surface area (Å²) in [6.45, 7) is 10.0. The Labute approximate surface area is 206 Å². The second-order valence-electron chi connectivity index (χ2n) is 9.75. The van der Waals surface area contributed by atoms with E-state index in [0.29, 0.717) is 11.5 Å². The Balaban J connectivity index is 1.60. The lowest BCUT2D eigenvalue weighted by Crippen LogP contribution is -2.12. The molecule has 5 aromatic rings. The highest BCUT2D eigenvalue weighted by Gasteiger charge is 2.26. The van der Waals surface area contributed by atoms with E-state index in [1.807, 2.05) is 31.5 Å². The Morgan fingerprint density at radius 2 is 2.00 bits per heavy atom. The number of fused-ring (bicyclic) bond motifs is 4. The van der Waals surface area contributed by atoms with Gasteiger partial charge in [0.2, 0.25) is 5.82 Å². The van der Waals surface area contributed by atoms with Crippen LogP contribution in [0.4, 0.5) is 11.6 Å². The SMILES string of the molecule is Cc1cc2c(cc1-c1c(C)noc1C)[nH]c1nc(C(=O)O)nc(Nc3c4c(nn3C(C)C)CCC4)c12. The molecule has 0 saturated carbocycles. The highest BCUT2D eigenvalue weighted by Crippen LogP contribution is 2.39. The number of aromatic amines is 1. The van der Waals surface area contributed by atoms with Crippen molar-refractivity contribution in [2.45, 2.75) is 59.9 Å². The molecule has 0 radical (unpaired) electrons. The van der Waals surface area contributed by atoms with Crippen LogP contribution in [0, 0.1) is 20.8 Å². The van der Waals surface area contributed by atoms with Gasteiger partial charge in [0.05, 0.1) is 16.8 Å². The van der Waals surface area contributed by atoms with Gasteiger partial charge in [-0.05, 0) is 77.1 Å². The van der Waals surface area contributed by atoms with Crippen LogP contribution in [0.2, 0.25) is 0 Å². The molecule has 10 nitrogen and oxygen atoms in total. The fraction of sp³-hybridized carbons (Fsp3) is 0.346. The van der Waals surface area contributed by atoms with Gasteiger partial charge in [-0.25, -0.2) is 19.4 Å². The lowest BCUT2D eigenvalue weighted by atomic mass is 9.97. The number of anilines is 2. The Hall–Kier alpha value is -4.21. The molecule has 0 aliphatic heterocycles. The van der Waals surface area contributed by atoms with E-state index in [1.165, 1.54) is 5.56 Å². The molecule has 1 aliphatic carbocycles. The summed E-state index contributed by atoms with van der Waals surface area (Å²) in [5, 5.41) is 23.8. The van der Waals surface area contributed by atoms with Gasteiger partial charge in [0.1, 0.15) is 23.0 Å². The topological polar surface area (TPSA) is 135 Å². The van der Waals surface area contributed by atoms with Crippen LogP contribution in [-0.4, -0.2) is 41.0 Å². The number of rotatable bonds is 5. The molecule has 0 amide bonds. The number of nitrogens with one attached hydrogen (secondary N) is 2. The molecule has 0 unspecified atom stereocenters. The Morgan fingerprint density at radius 3 is 2.69 bits per heavy atom. The van der Waals surface area contributed by atoms with E-state index in [0.717, 1.165) is 75.2 Å². The summed E-state index contributed by atoms with van der Waals surface area (Å²) >= 11 is 0. The monoisotopic (exact) mass is 485 g/mol. The number of benzene rings is 1. The molecule has 3 N–H and O–H groups in total. The predicted molar refractivity (Wildman–Crippen MR) is 136 cm³/mol. The molecule has 184 valence electrons. The van der Waals surface area contributed by atoms with Crippen LogP contribution in [0.1, 0.15) is 65.2 Å². The van der Waals surface area contributed by atoms with E-state index in [1.54, 1.807) is 0 Å². The van der Waals surface area contributed by atoms with Gasteiger partial charge in [-0.1, -0.05) is 5.16 Å². The third-order valence-electron chi connectivity index (χ3n) is 6.95. The molecule has 0 saturated heterocycles. The average molecular weight is 486 g/mol. The fourth-order valence-electron chi connectivity index (χ4n) is 5.31. The Bertz CT molecular complexity index is 1670. The van der Waals surface area contributed by atoms with Gasteiger partial charge in [0.25, 0.3) is 0 Å². The fourth-order valence-corrected chi connectivity index (χ4v) is 5.31. The average Bonchev–Trinajstić information content (AvgIpc) is 3.57. The van der Waals surface area contributed by atoms with E-state index in [2.05, 4.69) is 45.3 Å². The number of nitrogens with zero attached hydrogens (tertiary/aromatic N) is 5. The summed E-state index contributed by atoms with van der Waals surface area (Å²) in [6, 6.07) is 4.26. The lowest BCUT2D eigenvalue weighted by molar-refractivity contribution is 0.0684. The van der Waals surface area contributed by atoms with E-state index >= 15 is 0 Å². The molecular weight excluding hydrogens is 458 g/mol. The first-order valence-corrected chi connectivity index (χ1v) is 12.1. The van der Waals surface area contributed by atoms with Crippen molar-refractivity contribution >= 4 is 39.5 Å². The standard InChI is InChI=1S/C26H27N7O3/c1-11(2)33-25(15-7-6-8-18(15)31-33)30-23-21-17-9-12(3)16(20-13(4)32-36-14(20)5)10-19(17)27-22(21)28-24(29-23)26(34)35/h9-11H,6-8H2,1-5H3,(H,34,35)(H2,27,28,29,30). The van der Waals surface area contributed by atoms with E-state index < -0.39 is 5.97 Å². The zero-order valence-corrected chi connectivity index (χ0v) is 20.9. The first kappa shape index (κ1) is 22.3. The van der Waals surface area contributed by atoms with Gasteiger partial charge in [-0.3, -0.25) is 0 Å². The zero-order chi connectivity index (χ0) is 25.3. The summed E-state index contributed by atoms with van der Waals surface area (Å²) in [5.41, 5.74) is 7.37. The van der Waals surface area contributed by atoms with E-state index in [4.69, 9.17) is 9.62 Å². The van der Waals surface area contributed by atoms with Gasteiger partial charge in [0, 0.05) is 28.1 Å². The molecule has 1 aromatic carbocycles. The summed E-state index contributed by atoms with van der Waals surface area (Å²) in [5.74, 6) is 0.606. The van der Waals surface area contributed by atoms with Crippen molar-refractivity contribution in [3.8, 4) is 11.1 Å². The van der Waals surface area contributed by atoms with Gasteiger partial charge < -0.3 is 19.9 Å². The Morgan fingerprint density at radius 1 is 1.19 bits per heavy atom. The maximum absolute atomic E-state index is 11.9. The number of aromatic nitrogens is 6. The predicted octanol–water partition coefficient (Wildman–Crippen LogP) is 5.40. The Kier molecular flexibility index (Phi) is 4.89. The first-order chi connectivity index (χ1) is 17.2. The van der Waals surface area contributed by atoms with Gasteiger partial charge in [0.15, 0.2) is 0 Å².